The van der Waals surface area contributed by atoms with Gasteiger partial charge in [0.1, 0.15) is 0 Å². The number of carbonyl (C=O) groups is 1. The number of carbonyl (C=O) groups excluding carboxylic acids is 1. The standard InChI is InChI=1S/C14H29N3O/c1-5-12(13(15)18)17-8-6-7-11(10-17)9-16-14(2,3)4/h11-12,16H,5-10H2,1-4H3,(H2,15,18). The van der Waals surface area contributed by atoms with Crippen molar-refractivity contribution in [3.05, 3.63) is 0 Å². The minimum atomic E-state index is -0.179. The Morgan fingerprint density at radius 3 is 2.67 bits per heavy atom. The van der Waals surface area contributed by atoms with Gasteiger partial charge in [-0.1, -0.05) is 6.92 Å². The van der Waals surface area contributed by atoms with Crippen LogP contribution >= 0.6 is 0 Å². The lowest BCUT2D eigenvalue weighted by molar-refractivity contribution is -0.124. The fourth-order valence-corrected chi connectivity index (χ4v) is 2.64. The molecule has 1 heterocycles. The third-order valence-electron chi connectivity index (χ3n) is 3.63. The molecule has 2 unspecified atom stereocenters. The van der Waals surface area contributed by atoms with Gasteiger partial charge in [0.05, 0.1) is 6.04 Å². The molecule has 4 heteroatoms. The van der Waals surface area contributed by atoms with Crippen molar-refractivity contribution >= 4 is 5.91 Å². The third kappa shape index (κ3) is 4.94. The maximum atomic E-state index is 11.4. The van der Waals surface area contributed by atoms with Crippen LogP contribution in [0.25, 0.3) is 0 Å². The van der Waals surface area contributed by atoms with Crippen molar-refractivity contribution in [1.29, 1.82) is 0 Å². The van der Waals surface area contributed by atoms with E-state index in [9.17, 15) is 4.79 Å². The molecule has 18 heavy (non-hydrogen) atoms. The Hall–Kier alpha value is -0.610. The van der Waals surface area contributed by atoms with Crippen molar-refractivity contribution in [1.82, 2.24) is 10.2 Å². The van der Waals surface area contributed by atoms with Gasteiger partial charge in [-0.15, -0.1) is 0 Å². The van der Waals surface area contributed by atoms with Gasteiger partial charge in [-0.25, -0.2) is 0 Å². The van der Waals surface area contributed by atoms with Crippen LogP contribution in [-0.2, 0) is 4.79 Å². The molecule has 1 saturated heterocycles. The van der Waals surface area contributed by atoms with Crippen LogP contribution in [-0.4, -0.2) is 42.0 Å². The monoisotopic (exact) mass is 255 g/mol. The number of nitrogens with one attached hydrogen (secondary N) is 1. The Kier molecular flexibility index (Phi) is 5.60. The van der Waals surface area contributed by atoms with Gasteiger partial charge in [0.2, 0.25) is 5.91 Å². The number of rotatable bonds is 5. The first-order valence-corrected chi connectivity index (χ1v) is 7.12. The fraction of sp³-hybridized carbons (Fsp3) is 0.929. The molecule has 1 aliphatic heterocycles. The molecule has 2 atom stereocenters. The third-order valence-corrected chi connectivity index (χ3v) is 3.63. The second-order valence-electron chi connectivity index (χ2n) is 6.46. The first-order valence-electron chi connectivity index (χ1n) is 7.12. The predicted molar refractivity (Wildman–Crippen MR) is 75.3 cm³/mol. The van der Waals surface area contributed by atoms with Gasteiger partial charge in [-0.05, 0) is 59.0 Å². The van der Waals surface area contributed by atoms with Crippen LogP contribution < -0.4 is 11.1 Å². The summed E-state index contributed by atoms with van der Waals surface area (Å²) in [6.07, 6.45) is 3.23. The van der Waals surface area contributed by atoms with E-state index in [0.29, 0.717) is 5.92 Å². The average Bonchev–Trinajstić information content (AvgIpc) is 2.26. The quantitative estimate of drug-likeness (QED) is 0.779. The minimum Gasteiger partial charge on any atom is -0.368 e. The lowest BCUT2D eigenvalue weighted by Crippen LogP contribution is -2.51. The van der Waals surface area contributed by atoms with E-state index >= 15 is 0 Å². The Labute approximate surface area is 111 Å². The summed E-state index contributed by atoms with van der Waals surface area (Å²) < 4.78 is 0. The van der Waals surface area contributed by atoms with Crippen LogP contribution in [0.3, 0.4) is 0 Å². The molecule has 1 fully saturated rings. The molecule has 0 radical (unpaired) electrons. The molecule has 1 aliphatic rings. The predicted octanol–water partition coefficient (Wildman–Crippen LogP) is 1.35. The highest BCUT2D eigenvalue weighted by Gasteiger charge is 2.28. The number of likely N-dealkylation sites (tertiary alicyclic amines) is 1. The van der Waals surface area contributed by atoms with E-state index in [1.807, 2.05) is 6.92 Å². The van der Waals surface area contributed by atoms with Crippen molar-refractivity contribution < 1.29 is 4.79 Å². The van der Waals surface area contributed by atoms with Crippen LogP contribution in [0.5, 0.6) is 0 Å². The number of amides is 1. The molecule has 1 amide bonds. The minimum absolute atomic E-state index is 0.0811. The summed E-state index contributed by atoms with van der Waals surface area (Å²) in [5.74, 6) is 0.452. The summed E-state index contributed by atoms with van der Waals surface area (Å²) in [4.78, 5) is 13.7. The van der Waals surface area contributed by atoms with Crippen LogP contribution in [0.4, 0.5) is 0 Å². The van der Waals surface area contributed by atoms with Crippen molar-refractivity contribution in [3.8, 4) is 0 Å². The molecule has 0 aromatic heterocycles. The van der Waals surface area contributed by atoms with Crippen molar-refractivity contribution in [2.45, 2.75) is 58.5 Å². The van der Waals surface area contributed by atoms with E-state index in [1.165, 1.54) is 12.8 Å². The Balaban J connectivity index is 2.47. The molecule has 0 spiro atoms. The van der Waals surface area contributed by atoms with Gasteiger partial charge >= 0.3 is 0 Å². The van der Waals surface area contributed by atoms with Crippen molar-refractivity contribution in [2.24, 2.45) is 11.7 Å². The highest BCUT2D eigenvalue weighted by molar-refractivity contribution is 5.79. The molecule has 0 aromatic carbocycles. The molecule has 0 aliphatic carbocycles. The van der Waals surface area contributed by atoms with Crippen LogP contribution in [0.15, 0.2) is 0 Å². The zero-order valence-corrected chi connectivity index (χ0v) is 12.3. The molecule has 0 saturated carbocycles. The van der Waals surface area contributed by atoms with Crippen LogP contribution in [0.2, 0.25) is 0 Å². The Bertz CT molecular complexity index is 273. The summed E-state index contributed by atoms with van der Waals surface area (Å²) in [7, 11) is 0. The van der Waals surface area contributed by atoms with Gasteiger partial charge in [-0.3, -0.25) is 9.69 Å². The first kappa shape index (κ1) is 15.4. The number of nitrogens with two attached hydrogens (primary N) is 1. The largest absolute Gasteiger partial charge is 0.368 e. The molecule has 0 aromatic rings. The summed E-state index contributed by atoms with van der Waals surface area (Å²) in [5, 5.41) is 3.56. The smallest absolute Gasteiger partial charge is 0.234 e. The lowest BCUT2D eigenvalue weighted by Gasteiger charge is -2.37. The second-order valence-corrected chi connectivity index (χ2v) is 6.46. The Morgan fingerprint density at radius 2 is 2.17 bits per heavy atom. The highest BCUT2D eigenvalue weighted by Crippen LogP contribution is 2.19. The van der Waals surface area contributed by atoms with E-state index in [4.69, 9.17) is 5.73 Å². The molecular weight excluding hydrogens is 226 g/mol. The molecule has 4 nitrogen and oxygen atoms in total. The zero-order valence-electron chi connectivity index (χ0n) is 12.3. The van der Waals surface area contributed by atoms with Gasteiger partial charge in [0.15, 0.2) is 0 Å². The number of primary amides is 1. The van der Waals surface area contributed by atoms with Gasteiger partial charge in [-0.2, -0.15) is 0 Å². The Morgan fingerprint density at radius 1 is 1.50 bits per heavy atom. The van der Waals surface area contributed by atoms with E-state index < -0.39 is 0 Å². The van der Waals surface area contributed by atoms with Crippen LogP contribution in [0, 0.1) is 5.92 Å². The summed E-state index contributed by atoms with van der Waals surface area (Å²) in [6.45, 7) is 11.6. The first-order chi connectivity index (χ1) is 8.33. The maximum Gasteiger partial charge on any atom is 0.234 e. The topological polar surface area (TPSA) is 58.4 Å². The van der Waals surface area contributed by atoms with Crippen molar-refractivity contribution in [2.75, 3.05) is 19.6 Å². The van der Waals surface area contributed by atoms with Gasteiger partial charge in [0.25, 0.3) is 0 Å². The summed E-state index contributed by atoms with van der Waals surface area (Å²) >= 11 is 0. The number of nitrogens with zero attached hydrogens (tertiary/aromatic N) is 1. The molecule has 3 N–H and O–H groups in total. The normalized spacial score (nSPS) is 23.9. The highest BCUT2D eigenvalue weighted by atomic mass is 16.1. The molecule has 0 bridgehead atoms. The van der Waals surface area contributed by atoms with E-state index in [-0.39, 0.29) is 17.5 Å². The van der Waals surface area contributed by atoms with E-state index in [1.54, 1.807) is 0 Å². The summed E-state index contributed by atoms with van der Waals surface area (Å²) in [5.41, 5.74) is 5.63. The van der Waals surface area contributed by atoms with E-state index in [2.05, 4.69) is 31.0 Å². The van der Waals surface area contributed by atoms with E-state index in [0.717, 1.165) is 26.1 Å². The maximum absolute atomic E-state index is 11.4. The van der Waals surface area contributed by atoms with Gasteiger partial charge in [0, 0.05) is 12.1 Å². The molecule has 1 rings (SSSR count). The van der Waals surface area contributed by atoms with Gasteiger partial charge < -0.3 is 11.1 Å². The SMILES string of the molecule is CCC(C(N)=O)N1CCCC(CNC(C)(C)C)C1. The zero-order chi connectivity index (χ0) is 13.8. The number of hydrogen-bond donors (Lipinski definition) is 2. The average molecular weight is 255 g/mol. The number of piperidine rings is 1. The summed E-state index contributed by atoms with van der Waals surface area (Å²) in [6, 6.07) is -0.0811. The molecule has 106 valence electrons. The fourth-order valence-electron chi connectivity index (χ4n) is 2.64. The second kappa shape index (κ2) is 6.53. The number of hydrogen-bond acceptors (Lipinski definition) is 3. The van der Waals surface area contributed by atoms with Crippen molar-refractivity contribution in [3.63, 3.8) is 0 Å². The molecular formula is C14H29N3O. The lowest BCUT2D eigenvalue weighted by atomic mass is 9.95. The van der Waals surface area contributed by atoms with Crippen LogP contribution in [0.1, 0.15) is 47.0 Å².